The molecular weight excluding hydrogens is 378 g/mol. The van der Waals surface area contributed by atoms with Crippen LogP contribution >= 0.6 is 0 Å². The Morgan fingerprint density at radius 2 is 1.97 bits per heavy atom. The minimum atomic E-state index is -0.937. The summed E-state index contributed by atoms with van der Waals surface area (Å²) < 4.78 is 7.31. The number of nitrogens with one attached hydrogen (secondary N) is 2. The average Bonchev–Trinajstić information content (AvgIpc) is 3.02. The highest BCUT2D eigenvalue weighted by Gasteiger charge is 2.27. The van der Waals surface area contributed by atoms with Crippen molar-refractivity contribution < 1.29 is 24.5 Å². The SMILES string of the molecule is CC(C)OCCC(C)(C)N(CN/C=C\NCC(=O)O)Cc1nccn1CC(=O)O. The van der Waals surface area contributed by atoms with E-state index in [1.54, 1.807) is 23.2 Å². The van der Waals surface area contributed by atoms with Crippen molar-refractivity contribution in [3.8, 4) is 0 Å². The summed E-state index contributed by atoms with van der Waals surface area (Å²) in [6, 6.07) is 0. The predicted molar refractivity (Wildman–Crippen MR) is 108 cm³/mol. The Labute approximate surface area is 171 Å². The fourth-order valence-corrected chi connectivity index (χ4v) is 2.57. The molecule has 0 aromatic carbocycles. The molecule has 0 saturated carbocycles. The van der Waals surface area contributed by atoms with Gasteiger partial charge in [0.15, 0.2) is 0 Å². The van der Waals surface area contributed by atoms with Crippen LogP contribution < -0.4 is 10.6 Å². The van der Waals surface area contributed by atoms with E-state index in [-0.39, 0.29) is 24.7 Å². The molecule has 0 atom stereocenters. The highest BCUT2D eigenvalue weighted by molar-refractivity contribution is 5.69. The molecule has 4 N–H and O–H groups in total. The summed E-state index contributed by atoms with van der Waals surface area (Å²) in [6.45, 7) is 9.36. The Balaban J connectivity index is 2.80. The standard InChI is InChI=1S/C19H33N5O5/c1-15(2)29-10-5-19(3,4)24(14-21-7-6-20-11-17(25)26)12-16-22-8-9-23(16)13-18(27)28/h6-9,15,20-21H,5,10-14H2,1-4H3,(H,25,26)(H,27,28)/b7-6-. The van der Waals surface area contributed by atoms with Crippen LogP contribution in [0.25, 0.3) is 0 Å². The topological polar surface area (TPSA) is 129 Å². The third-order valence-corrected chi connectivity index (χ3v) is 4.32. The van der Waals surface area contributed by atoms with E-state index in [0.717, 1.165) is 6.42 Å². The molecule has 0 aliphatic heterocycles. The normalized spacial score (nSPS) is 12.1. The van der Waals surface area contributed by atoms with Crippen molar-refractivity contribution in [2.24, 2.45) is 0 Å². The fourth-order valence-electron chi connectivity index (χ4n) is 2.57. The van der Waals surface area contributed by atoms with Gasteiger partial charge in [0.2, 0.25) is 0 Å². The van der Waals surface area contributed by atoms with Gasteiger partial charge in [-0.05, 0) is 34.1 Å². The van der Waals surface area contributed by atoms with Crippen LogP contribution in [0.15, 0.2) is 24.8 Å². The summed E-state index contributed by atoms with van der Waals surface area (Å²) in [7, 11) is 0. The van der Waals surface area contributed by atoms with Gasteiger partial charge < -0.3 is 30.2 Å². The number of imidazole rings is 1. The van der Waals surface area contributed by atoms with Crippen molar-refractivity contribution in [3.05, 3.63) is 30.6 Å². The van der Waals surface area contributed by atoms with E-state index < -0.39 is 11.9 Å². The highest BCUT2D eigenvalue weighted by Crippen LogP contribution is 2.21. The molecule has 10 nitrogen and oxygen atoms in total. The van der Waals surface area contributed by atoms with Gasteiger partial charge in [-0.15, -0.1) is 0 Å². The predicted octanol–water partition coefficient (Wildman–Crippen LogP) is 1.06. The molecule has 0 unspecified atom stereocenters. The number of carboxylic acids is 2. The van der Waals surface area contributed by atoms with E-state index in [1.807, 2.05) is 13.8 Å². The Hall–Kier alpha value is -2.59. The van der Waals surface area contributed by atoms with Gasteiger partial charge in [0.25, 0.3) is 0 Å². The molecule has 0 aliphatic rings. The zero-order chi connectivity index (χ0) is 21.9. The van der Waals surface area contributed by atoms with Gasteiger partial charge >= 0.3 is 11.9 Å². The summed E-state index contributed by atoms with van der Waals surface area (Å²) in [4.78, 5) is 28.0. The molecule has 164 valence electrons. The zero-order valence-electron chi connectivity index (χ0n) is 17.6. The molecule has 0 fully saturated rings. The van der Waals surface area contributed by atoms with Gasteiger partial charge in [0.1, 0.15) is 18.9 Å². The molecule has 0 saturated heterocycles. The first-order chi connectivity index (χ1) is 13.6. The van der Waals surface area contributed by atoms with E-state index in [1.165, 1.54) is 6.20 Å². The highest BCUT2D eigenvalue weighted by atomic mass is 16.5. The lowest BCUT2D eigenvalue weighted by Gasteiger charge is -2.38. The lowest BCUT2D eigenvalue weighted by molar-refractivity contribution is -0.138. The quantitative estimate of drug-likeness (QED) is 0.313. The molecule has 10 heteroatoms. The minimum Gasteiger partial charge on any atom is -0.480 e. The number of aliphatic carboxylic acids is 2. The number of carbonyl (C=O) groups is 2. The molecular formula is C19H33N5O5. The van der Waals surface area contributed by atoms with Crippen molar-refractivity contribution in [1.82, 2.24) is 25.1 Å². The zero-order valence-corrected chi connectivity index (χ0v) is 17.6. The third kappa shape index (κ3) is 9.95. The van der Waals surface area contributed by atoms with Gasteiger partial charge in [-0.2, -0.15) is 0 Å². The lowest BCUT2D eigenvalue weighted by atomic mass is 9.99. The van der Waals surface area contributed by atoms with Crippen LogP contribution in [-0.2, 0) is 27.4 Å². The number of nitrogens with zero attached hydrogens (tertiary/aromatic N) is 3. The molecule has 1 rings (SSSR count). The van der Waals surface area contributed by atoms with E-state index in [9.17, 15) is 9.59 Å². The van der Waals surface area contributed by atoms with Crippen LogP contribution in [0.5, 0.6) is 0 Å². The van der Waals surface area contributed by atoms with Crippen molar-refractivity contribution >= 4 is 11.9 Å². The second-order valence-electron chi connectivity index (χ2n) is 7.52. The van der Waals surface area contributed by atoms with Crippen LogP contribution in [0.3, 0.4) is 0 Å². The summed E-state index contributed by atoms with van der Waals surface area (Å²) in [6.07, 6.45) is 7.34. The van der Waals surface area contributed by atoms with E-state index in [2.05, 4.69) is 34.4 Å². The molecule has 0 radical (unpaired) electrons. The Morgan fingerprint density at radius 1 is 1.28 bits per heavy atom. The number of hydrogen-bond donors (Lipinski definition) is 4. The largest absolute Gasteiger partial charge is 0.480 e. The van der Waals surface area contributed by atoms with Gasteiger partial charge in [-0.25, -0.2) is 4.98 Å². The first-order valence-electron chi connectivity index (χ1n) is 9.54. The van der Waals surface area contributed by atoms with E-state index in [0.29, 0.717) is 25.6 Å². The smallest absolute Gasteiger partial charge is 0.323 e. The molecule has 0 amide bonds. The molecule has 0 aliphatic carbocycles. The maximum absolute atomic E-state index is 11.1. The summed E-state index contributed by atoms with van der Waals surface area (Å²) >= 11 is 0. The molecule has 0 bridgehead atoms. The van der Waals surface area contributed by atoms with Crippen molar-refractivity contribution in [3.63, 3.8) is 0 Å². The number of hydrogen-bond acceptors (Lipinski definition) is 7. The maximum Gasteiger partial charge on any atom is 0.323 e. The van der Waals surface area contributed by atoms with Crippen LogP contribution in [0.1, 0.15) is 39.9 Å². The Bertz CT molecular complexity index is 672. The Kier molecular flexibility index (Phi) is 10.2. The molecule has 29 heavy (non-hydrogen) atoms. The summed E-state index contributed by atoms with van der Waals surface area (Å²) in [5.41, 5.74) is -0.260. The van der Waals surface area contributed by atoms with E-state index >= 15 is 0 Å². The molecule has 1 aromatic heterocycles. The molecule has 1 heterocycles. The first-order valence-corrected chi connectivity index (χ1v) is 9.54. The number of carboxylic acid groups (broad SMARTS) is 2. The molecule has 1 aromatic rings. The average molecular weight is 412 g/mol. The van der Waals surface area contributed by atoms with Crippen molar-refractivity contribution in [2.45, 2.75) is 58.8 Å². The van der Waals surface area contributed by atoms with Crippen LogP contribution in [0, 0.1) is 0 Å². The first kappa shape index (κ1) is 24.4. The summed E-state index contributed by atoms with van der Waals surface area (Å²) in [5, 5.41) is 23.5. The number of rotatable bonds is 15. The molecule has 0 spiro atoms. The van der Waals surface area contributed by atoms with E-state index in [4.69, 9.17) is 14.9 Å². The van der Waals surface area contributed by atoms with Crippen LogP contribution in [-0.4, -0.2) is 68.1 Å². The van der Waals surface area contributed by atoms with Gasteiger partial charge in [-0.3, -0.25) is 14.5 Å². The lowest BCUT2D eigenvalue weighted by Crippen LogP contribution is -2.48. The third-order valence-electron chi connectivity index (χ3n) is 4.32. The monoisotopic (exact) mass is 411 g/mol. The number of ether oxygens (including phenoxy) is 1. The van der Waals surface area contributed by atoms with Gasteiger partial charge in [0, 0.05) is 36.9 Å². The summed E-state index contributed by atoms with van der Waals surface area (Å²) in [5.74, 6) is -1.21. The van der Waals surface area contributed by atoms with Crippen molar-refractivity contribution in [1.29, 1.82) is 0 Å². The van der Waals surface area contributed by atoms with Crippen molar-refractivity contribution in [2.75, 3.05) is 19.8 Å². The minimum absolute atomic E-state index is 0.146. The second kappa shape index (κ2) is 12.1. The van der Waals surface area contributed by atoms with Crippen LogP contribution in [0.4, 0.5) is 0 Å². The van der Waals surface area contributed by atoms with Gasteiger partial charge in [0.05, 0.1) is 19.3 Å². The maximum atomic E-state index is 11.1. The Morgan fingerprint density at radius 3 is 2.59 bits per heavy atom. The van der Waals surface area contributed by atoms with Crippen LogP contribution in [0.2, 0.25) is 0 Å². The number of aromatic nitrogens is 2. The fraction of sp³-hybridized carbons (Fsp3) is 0.632. The second-order valence-corrected chi connectivity index (χ2v) is 7.52. The van der Waals surface area contributed by atoms with Gasteiger partial charge in [-0.1, -0.05) is 0 Å².